The van der Waals surface area contributed by atoms with E-state index in [1.165, 1.54) is 11.3 Å². The average Bonchev–Trinajstić information content (AvgIpc) is 3.02. The molecule has 3 aromatic rings. The van der Waals surface area contributed by atoms with Crippen molar-refractivity contribution in [1.82, 2.24) is 9.97 Å². The Morgan fingerprint density at radius 1 is 1.29 bits per heavy atom. The number of hydrogen-bond acceptors (Lipinski definition) is 6. The second-order valence-electron chi connectivity index (χ2n) is 7.85. The number of aromatic nitrogens is 2. The molecule has 0 unspecified atom stereocenters. The first-order chi connectivity index (χ1) is 13.4. The molecule has 0 aliphatic heterocycles. The Morgan fingerprint density at radius 2 is 2.07 bits per heavy atom. The van der Waals surface area contributed by atoms with Gasteiger partial charge < -0.3 is 15.2 Å². The molecule has 1 amide bonds. The van der Waals surface area contributed by atoms with Crippen LogP contribution in [0.15, 0.2) is 42.7 Å². The highest BCUT2D eigenvalue weighted by Gasteiger charge is 2.36. The van der Waals surface area contributed by atoms with E-state index in [9.17, 15) is 9.90 Å². The molecule has 1 aliphatic carbocycles. The van der Waals surface area contributed by atoms with E-state index in [4.69, 9.17) is 4.74 Å². The van der Waals surface area contributed by atoms with Crippen LogP contribution in [0.4, 0.5) is 5.13 Å². The maximum Gasteiger partial charge on any atom is 0.229 e. The number of nitrogens with zero attached hydrogens (tertiary/aromatic N) is 2. The summed E-state index contributed by atoms with van der Waals surface area (Å²) in [4.78, 5) is 22.0. The van der Waals surface area contributed by atoms with Crippen LogP contribution in [-0.2, 0) is 11.2 Å². The van der Waals surface area contributed by atoms with Gasteiger partial charge >= 0.3 is 0 Å². The smallest absolute Gasteiger partial charge is 0.229 e. The van der Waals surface area contributed by atoms with E-state index < -0.39 is 5.60 Å². The number of rotatable bonds is 6. The lowest BCUT2D eigenvalue weighted by Gasteiger charge is -2.34. The maximum atomic E-state index is 12.4. The Balaban J connectivity index is 1.31. The summed E-state index contributed by atoms with van der Waals surface area (Å²) in [5, 5.41) is 14.4. The molecule has 1 fully saturated rings. The third-order valence-electron chi connectivity index (χ3n) is 4.75. The monoisotopic (exact) mass is 397 g/mol. The predicted octanol–water partition coefficient (Wildman–Crippen LogP) is 3.80. The van der Waals surface area contributed by atoms with Gasteiger partial charge in [0.1, 0.15) is 17.4 Å². The Morgan fingerprint density at radius 3 is 2.86 bits per heavy atom. The van der Waals surface area contributed by atoms with E-state index >= 15 is 0 Å². The fourth-order valence-electron chi connectivity index (χ4n) is 3.31. The second-order valence-corrected chi connectivity index (χ2v) is 8.96. The molecule has 0 radical (unpaired) electrons. The van der Waals surface area contributed by atoms with E-state index in [0.29, 0.717) is 24.4 Å². The quantitative estimate of drug-likeness (QED) is 0.661. The van der Waals surface area contributed by atoms with Gasteiger partial charge in [-0.3, -0.25) is 9.78 Å². The summed E-state index contributed by atoms with van der Waals surface area (Å²) in [7, 11) is 0. The summed E-state index contributed by atoms with van der Waals surface area (Å²) >= 11 is 1.40. The fraction of sp³-hybridized carbons (Fsp3) is 0.381. The number of aliphatic hydroxyl groups is 1. The molecule has 2 aromatic heterocycles. The van der Waals surface area contributed by atoms with Crippen molar-refractivity contribution < 1.29 is 14.6 Å². The summed E-state index contributed by atoms with van der Waals surface area (Å²) in [5.41, 5.74) is 0.0584. The second kappa shape index (κ2) is 7.48. The van der Waals surface area contributed by atoms with Gasteiger partial charge in [-0.05, 0) is 38.8 Å². The lowest BCUT2D eigenvalue weighted by molar-refractivity contribution is -0.125. The standard InChI is InChI=1S/C21H23N3O3S/c1-21(2,26)11-16-12-23-20(28-16)24-19(25)14-9-15(10-14)27-17-7-3-5-13-6-4-8-22-18(13)17/h3-8,12,14-15,26H,9-11H2,1-2H3,(H,23,24,25). The molecular weight excluding hydrogens is 374 g/mol. The SMILES string of the molecule is CC(C)(O)Cc1cnc(NC(=O)C2CC(Oc3cccc4cccnc34)C2)s1. The fourth-order valence-corrected chi connectivity index (χ4v) is 4.34. The van der Waals surface area contributed by atoms with Crippen LogP contribution in [-0.4, -0.2) is 32.7 Å². The van der Waals surface area contributed by atoms with E-state index in [1.807, 2.05) is 30.3 Å². The number of anilines is 1. The third-order valence-corrected chi connectivity index (χ3v) is 5.66. The van der Waals surface area contributed by atoms with E-state index in [0.717, 1.165) is 21.5 Å². The van der Waals surface area contributed by atoms with E-state index in [2.05, 4.69) is 15.3 Å². The number of hydrogen-bond donors (Lipinski definition) is 2. The largest absolute Gasteiger partial charge is 0.488 e. The Hall–Kier alpha value is -2.51. The third kappa shape index (κ3) is 4.31. The minimum absolute atomic E-state index is 0.0189. The summed E-state index contributed by atoms with van der Waals surface area (Å²) in [6, 6.07) is 9.79. The van der Waals surface area contributed by atoms with Crippen molar-refractivity contribution in [1.29, 1.82) is 0 Å². The van der Waals surface area contributed by atoms with Gasteiger partial charge in [-0.25, -0.2) is 4.98 Å². The van der Waals surface area contributed by atoms with Crippen molar-refractivity contribution in [2.75, 3.05) is 5.32 Å². The molecule has 0 spiro atoms. The number of thiazole rings is 1. The molecule has 2 N–H and O–H groups in total. The van der Waals surface area contributed by atoms with Gasteiger partial charge in [0.05, 0.1) is 5.60 Å². The molecule has 7 heteroatoms. The van der Waals surface area contributed by atoms with Gasteiger partial charge in [0.15, 0.2) is 5.13 Å². The Labute approximate surface area is 167 Å². The van der Waals surface area contributed by atoms with Crippen LogP contribution in [0, 0.1) is 5.92 Å². The summed E-state index contributed by atoms with van der Waals surface area (Å²) < 4.78 is 6.07. The molecule has 6 nitrogen and oxygen atoms in total. The molecule has 1 aromatic carbocycles. The highest BCUT2D eigenvalue weighted by molar-refractivity contribution is 7.15. The minimum Gasteiger partial charge on any atom is -0.488 e. The van der Waals surface area contributed by atoms with Gasteiger partial charge in [-0.1, -0.05) is 18.2 Å². The molecule has 28 heavy (non-hydrogen) atoms. The maximum absolute atomic E-state index is 12.4. The number of nitrogens with one attached hydrogen (secondary N) is 1. The first-order valence-electron chi connectivity index (χ1n) is 9.36. The summed E-state index contributed by atoms with van der Waals surface area (Å²) in [6.07, 6.45) is 5.35. The number of pyridine rings is 1. The van der Waals surface area contributed by atoms with E-state index in [-0.39, 0.29) is 17.9 Å². The first kappa shape index (κ1) is 18.8. The molecule has 1 saturated carbocycles. The van der Waals surface area contributed by atoms with Crippen LogP contribution >= 0.6 is 11.3 Å². The van der Waals surface area contributed by atoms with Crippen LogP contribution in [0.5, 0.6) is 5.75 Å². The first-order valence-corrected chi connectivity index (χ1v) is 10.2. The Kier molecular flexibility index (Phi) is 5.03. The normalized spacial score (nSPS) is 19.2. The minimum atomic E-state index is -0.789. The van der Waals surface area contributed by atoms with Crippen molar-refractivity contribution in [3.63, 3.8) is 0 Å². The van der Waals surface area contributed by atoms with Crippen molar-refractivity contribution >= 4 is 33.3 Å². The summed E-state index contributed by atoms with van der Waals surface area (Å²) in [5.74, 6) is 0.660. The van der Waals surface area contributed by atoms with Crippen molar-refractivity contribution in [3.8, 4) is 5.75 Å². The molecule has 0 atom stereocenters. The van der Waals surface area contributed by atoms with Crippen LogP contribution in [0.3, 0.4) is 0 Å². The molecule has 146 valence electrons. The molecule has 1 aliphatic rings. The van der Waals surface area contributed by atoms with Gasteiger partial charge in [-0.2, -0.15) is 0 Å². The molecular formula is C21H23N3O3S. The predicted molar refractivity (Wildman–Crippen MR) is 110 cm³/mol. The van der Waals surface area contributed by atoms with Gasteiger partial charge in [0, 0.05) is 35.0 Å². The average molecular weight is 398 g/mol. The van der Waals surface area contributed by atoms with Gasteiger partial charge in [-0.15, -0.1) is 11.3 Å². The zero-order chi connectivity index (χ0) is 19.7. The van der Waals surface area contributed by atoms with Crippen LogP contribution < -0.4 is 10.1 Å². The zero-order valence-electron chi connectivity index (χ0n) is 15.9. The number of carbonyl (C=O) groups is 1. The number of fused-ring (bicyclic) bond motifs is 1. The molecule has 0 saturated heterocycles. The highest BCUT2D eigenvalue weighted by Crippen LogP contribution is 2.35. The number of benzene rings is 1. The van der Waals surface area contributed by atoms with Crippen molar-refractivity contribution in [2.24, 2.45) is 5.92 Å². The number of amides is 1. The lowest BCUT2D eigenvalue weighted by Crippen LogP contribution is -2.40. The van der Waals surface area contributed by atoms with E-state index in [1.54, 1.807) is 26.2 Å². The number of ether oxygens (including phenoxy) is 1. The highest BCUT2D eigenvalue weighted by atomic mass is 32.1. The zero-order valence-corrected chi connectivity index (χ0v) is 16.7. The summed E-state index contributed by atoms with van der Waals surface area (Å²) in [6.45, 7) is 3.51. The van der Waals surface area contributed by atoms with Gasteiger partial charge in [0.25, 0.3) is 0 Å². The molecule has 4 rings (SSSR count). The van der Waals surface area contributed by atoms with Gasteiger partial charge in [0.2, 0.25) is 5.91 Å². The lowest BCUT2D eigenvalue weighted by atomic mass is 9.81. The Bertz CT molecular complexity index is 984. The van der Waals surface area contributed by atoms with Crippen molar-refractivity contribution in [3.05, 3.63) is 47.6 Å². The number of para-hydroxylation sites is 1. The molecule has 2 heterocycles. The van der Waals surface area contributed by atoms with Crippen molar-refractivity contribution in [2.45, 2.75) is 44.8 Å². The molecule has 0 bridgehead atoms. The van der Waals surface area contributed by atoms with Crippen LogP contribution in [0.25, 0.3) is 10.9 Å². The van der Waals surface area contributed by atoms with Crippen LogP contribution in [0.1, 0.15) is 31.6 Å². The van der Waals surface area contributed by atoms with Crippen LogP contribution in [0.2, 0.25) is 0 Å². The topological polar surface area (TPSA) is 84.3 Å². The number of carbonyl (C=O) groups excluding carboxylic acids is 1.